The lowest BCUT2D eigenvalue weighted by Crippen LogP contribution is -2.36. The van der Waals surface area contributed by atoms with Crippen LogP contribution in [0.1, 0.15) is 26.3 Å². The van der Waals surface area contributed by atoms with E-state index in [1.807, 2.05) is 26.0 Å². The van der Waals surface area contributed by atoms with Crippen molar-refractivity contribution in [2.45, 2.75) is 39.5 Å². The summed E-state index contributed by atoms with van der Waals surface area (Å²) in [6.45, 7) is 5.67. The Morgan fingerprint density at radius 2 is 1.78 bits per heavy atom. The minimum absolute atomic E-state index is 0.0519. The van der Waals surface area contributed by atoms with Gasteiger partial charge in [-0.1, -0.05) is 18.2 Å². The topological polar surface area (TPSA) is 79.5 Å². The number of urea groups is 1. The van der Waals surface area contributed by atoms with Crippen molar-refractivity contribution in [2.24, 2.45) is 0 Å². The highest BCUT2D eigenvalue weighted by atomic mass is 19.1. The predicted octanol–water partition coefficient (Wildman–Crippen LogP) is 3.44. The minimum atomic E-state index is -0.757. The van der Waals surface area contributed by atoms with Crippen molar-refractivity contribution in [3.05, 3.63) is 59.9 Å². The fraction of sp³-hybridized carbons (Fsp3) is 0.300. The number of ether oxygens (including phenoxy) is 1. The van der Waals surface area contributed by atoms with Gasteiger partial charge in [0.05, 0.1) is 0 Å². The molecule has 7 heteroatoms. The third-order valence-electron chi connectivity index (χ3n) is 3.58. The van der Waals surface area contributed by atoms with Crippen LogP contribution >= 0.6 is 0 Å². The van der Waals surface area contributed by atoms with Crippen molar-refractivity contribution in [1.29, 1.82) is 0 Å². The van der Waals surface area contributed by atoms with E-state index in [1.54, 1.807) is 25.1 Å². The molecule has 1 unspecified atom stereocenters. The van der Waals surface area contributed by atoms with Crippen molar-refractivity contribution >= 4 is 17.6 Å². The smallest absolute Gasteiger partial charge is 0.319 e. The molecule has 27 heavy (non-hydrogen) atoms. The number of halogens is 1. The second-order valence-electron chi connectivity index (χ2n) is 6.39. The summed E-state index contributed by atoms with van der Waals surface area (Å²) in [5.41, 5.74) is 1.53. The van der Waals surface area contributed by atoms with E-state index in [2.05, 4.69) is 16.0 Å². The molecule has 0 bridgehead atoms. The molecule has 0 saturated heterocycles. The summed E-state index contributed by atoms with van der Waals surface area (Å²) in [6, 6.07) is 12.6. The molecule has 6 nitrogen and oxygen atoms in total. The molecule has 1 atom stereocenters. The van der Waals surface area contributed by atoms with Gasteiger partial charge >= 0.3 is 6.03 Å². The van der Waals surface area contributed by atoms with Crippen molar-refractivity contribution < 1.29 is 18.7 Å². The van der Waals surface area contributed by atoms with Gasteiger partial charge in [0.15, 0.2) is 6.10 Å². The van der Waals surface area contributed by atoms with Gasteiger partial charge in [0, 0.05) is 24.3 Å². The van der Waals surface area contributed by atoms with Crippen LogP contribution in [-0.2, 0) is 11.3 Å². The van der Waals surface area contributed by atoms with Crippen LogP contribution in [0.2, 0.25) is 0 Å². The average molecular weight is 373 g/mol. The van der Waals surface area contributed by atoms with Gasteiger partial charge in [0.1, 0.15) is 11.6 Å². The molecule has 2 aromatic carbocycles. The summed E-state index contributed by atoms with van der Waals surface area (Å²) >= 11 is 0. The number of hydrogen-bond donors (Lipinski definition) is 3. The van der Waals surface area contributed by atoms with Gasteiger partial charge in [-0.2, -0.15) is 0 Å². The van der Waals surface area contributed by atoms with Gasteiger partial charge in [0.2, 0.25) is 0 Å². The maximum Gasteiger partial charge on any atom is 0.319 e. The fourth-order valence-corrected chi connectivity index (χ4v) is 2.27. The van der Waals surface area contributed by atoms with E-state index in [4.69, 9.17) is 4.74 Å². The summed E-state index contributed by atoms with van der Waals surface area (Å²) in [4.78, 5) is 23.8. The summed E-state index contributed by atoms with van der Waals surface area (Å²) in [6.07, 6.45) is -0.757. The van der Waals surface area contributed by atoms with Crippen LogP contribution in [0.5, 0.6) is 5.75 Å². The number of anilines is 1. The Balaban J connectivity index is 1.81. The van der Waals surface area contributed by atoms with Crippen molar-refractivity contribution in [1.82, 2.24) is 10.6 Å². The van der Waals surface area contributed by atoms with Crippen LogP contribution in [0.25, 0.3) is 0 Å². The first-order valence-corrected chi connectivity index (χ1v) is 8.70. The van der Waals surface area contributed by atoms with E-state index < -0.39 is 11.9 Å². The first-order valence-electron chi connectivity index (χ1n) is 8.70. The Bertz CT molecular complexity index is 778. The number of rotatable bonds is 7. The SMILES string of the molecule is CC(C)NC(=O)Nc1ccc(CNC(=O)C(C)Oc2cccc(F)c2)cc1. The van der Waals surface area contributed by atoms with Crippen LogP contribution < -0.4 is 20.7 Å². The molecule has 0 aliphatic rings. The van der Waals surface area contributed by atoms with Crippen LogP contribution in [0.15, 0.2) is 48.5 Å². The molecule has 2 rings (SSSR count). The van der Waals surface area contributed by atoms with Gasteiger partial charge in [-0.05, 0) is 50.6 Å². The standard InChI is InChI=1S/C20H24FN3O3/c1-13(2)23-20(26)24-17-9-7-15(8-10-17)12-22-19(25)14(3)27-18-6-4-5-16(21)11-18/h4-11,13-14H,12H2,1-3H3,(H,22,25)(H2,23,24,26). The number of amides is 3. The van der Waals surface area contributed by atoms with Crippen LogP contribution in [-0.4, -0.2) is 24.1 Å². The Morgan fingerprint density at radius 1 is 1.07 bits per heavy atom. The lowest BCUT2D eigenvalue weighted by atomic mass is 10.2. The monoisotopic (exact) mass is 373 g/mol. The third-order valence-corrected chi connectivity index (χ3v) is 3.58. The molecule has 144 valence electrons. The summed E-state index contributed by atoms with van der Waals surface area (Å²) in [7, 11) is 0. The first-order chi connectivity index (χ1) is 12.8. The molecule has 0 fully saturated rings. The van der Waals surface area contributed by atoms with Crippen LogP contribution in [0, 0.1) is 5.82 Å². The molecular weight excluding hydrogens is 349 g/mol. The summed E-state index contributed by atoms with van der Waals surface area (Å²) < 4.78 is 18.6. The number of carbonyl (C=O) groups is 2. The number of benzene rings is 2. The number of nitrogens with one attached hydrogen (secondary N) is 3. The Hall–Kier alpha value is -3.09. The lowest BCUT2D eigenvalue weighted by Gasteiger charge is -2.15. The maximum atomic E-state index is 13.2. The van der Waals surface area contributed by atoms with E-state index >= 15 is 0 Å². The summed E-state index contributed by atoms with van der Waals surface area (Å²) in [5.74, 6) is -0.429. The Labute approximate surface area is 158 Å². The maximum absolute atomic E-state index is 13.2. The quantitative estimate of drug-likeness (QED) is 0.696. The number of hydrogen-bond acceptors (Lipinski definition) is 3. The average Bonchev–Trinajstić information content (AvgIpc) is 2.60. The highest BCUT2D eigenvalue weighted by Gasteiger charge is 2.14. The zero-order valence-electron chi connectivity index (χ0n) is 15.6. The van der Waals surface area contributed by atoms with E-state index in [0.717, 1.165) is 5.56 Å². The van der Waals surface area contributed by atoms with Crippen LogP contribution in [0.4, 0.5) is 14.9 Å². The van der Waals surface area contributed by atoms with Gasteiger partial charge in [-0.15, -0.1) is 0 Å². The van der Waals surface area contributed by atoms with Crippen LogP contribution in [0.3, 0.4) is 0 Å². The zero-order valence-corrected chi connectivity index (χ0v) is 15.6. The Morgan fingerprint density at radius 3 is 2.41 bits per heavy atom. The molecule has 0 spiro atoms. The van der Waals surface area contributed by atoms with Gasteiger partial charge in [-0.25, -0.2) is 9.18 Å². The van der Waals surface area contributed by atoms with Crippen molar-refractivity contribution in [2.75, 3.05) is 5.32 Å². The Kier molecular flexibility index (Phi) is 7.16. The highest BCUT2D eigenvalue weighted by molar-refractivity contribution is 5.89. The molecule has 0 aromatic heterocycles. The van der Waals surface area contributed by atoms with Gasteiger partial charge < -0.3 is 20.7 Å². The molecule has 3 amide bonds. The molecule has 0 radical (unpaired) electrons. The summed E-state index contributed by atoms with van der Waals surface area (Å²) in [5, 5.41) is 8.23. The predicted molar refractivity (Wildman–Crippen MR) is 102 cm³/mol. The highest BCUT2D eigenvalue weighted by Crippen LogP contribution is 2.14. The fourth-order valence-electron chi connectivity index (χ4n) is 2.27. The molecule has 0 heterocycles. The normalized spacial score (nSPS) is 11.6. The molecule has 0 saturated carbocycles. The van der Waals surface area contributed by atoms with E-state index in [0.29, 0.717) is 18.0 Å². The van der Waals surface area contributed by atoms with E-state index in [9.17, 15) is 14.0 Å². The van der Waals surface area contributed by atoms with Gasteiger partial charge in [0.25, 0.3) is 5.91 Å². The molecular formula is C20H24FN3O3. The van der Waals surface area contributed by atoms with Crippen molar-refractivity contribution in [3.63, 3.8) is 0 Å². The first kappa shape index (κ1) is 20.2. The van der Waals surface area contributed by atoms with Crippen molar-refractivity contribution in [3.8, 4) is 5.75 Å². The second-order valence-corrected chi connectivity index (χ2v) is 6.39. The second kappa shape index (κ2) is 9.56. The molecule has 3 N–H and O–H groups in total. The third kappa shape index (κ3) is 6.97. The van der Waals surface area contributed by atoms with E-state index in [-0.39, 0.29) is 18.0 Å². The number of carbonyl (C=O) groups excluding carboxylic acids is 2. The van der Waals surface area contributed by atoms with E-state index in [1.165, 1.54) is 18.2 Å². The van der Waals surface area contributed by atoms with Gasteiger partial charge in [-0.3, -0.25) is 4.79 Å². The lowest BCUT2D eigenvalue weighted by molar-refractivity contribution is -0.127. The molecule has 2 aromatic rings. The largest absolute Gasteiger partial charge is 0.481 e. The minimum Gasteiger partial charge on any atom is -0.481 e. The zero-order chi connectivity index (χ0) is 19.8. The molecule has 0 aliphatic heterocycles. The molecule has 0 aliphatic carbocycles.